The number of aromatic nitrogens is 2. The average molecular weight is 230 g/mol. The van der Waals surface area contributed by atoms with Gasteiger partial charge in [-0.1, -0.05) is 6.08 Å². The van der Waals surface area contributed by atoms with Crippen LogP contribution in [0.4, 0.5) is 5.82 Å². The maximum atomic E-state index is 11.9. The molecule has 7 heteroatoms. The monoisotopic (exact) mass is 230 g/mol. The number of sulfonamides is 1. The Labute approximate surface area is 89.0 Å². The van der Waals surface area contributed by atoms with E-state index in [1.165, 1.54) is 24.0 Å². The molecule has 0 saturated carbocycles. The number of hydrogen-bond donors (Lipinski definition) is 1. The van der Waals surface area contributed by atoms with Crippen molar-refractivity contribution in [2.24, 2.45) is 7.05 Å². The van der Waals surface area contributed by atoms with Gasteiger partial charge < -0.3 is 5.73 Å². The number of rotatable bonds is 4. The van der Waals surface area contributed by atoms with Crippen LogP contribution in [-0.4, -0.2) is 36.1 Å². The highest BCUT2D eigenvalue weighted by molar-refractivity contribution is 7.89. The molecular weight excluding hydrogens is 216 g/mol. The summed E-state index contributed by atoms with van der Waals surface area (Å²) in [6.45, 7) is 3.71. The van der Waals surface area contributed by atoms with E-state index in [1.807, 2.05) is 0 Å². The molecule has 0 fully saturated rings. The third-order valence-corrected chi connectivity index (χ3v) is 3.74. The molecule has 0 aliphatic carbocycles. The first kappa shape index (κ1) is 11.7. The Kier molecular flexibility index (Phi) is 3.15. The Hall–Kier alpha value is -1.34. The van der Waals surface area contributed by atoms with Crippen LogP contribution in [0.15, 0.2) is 23.7 Å². The van der Waals surface area contributed by atoms with Crippen LogP contribution in [0.5, 0.6) is 0 Å². The van der Waals surface area contributed by atoms with E-state index in [0.29, 0.717) is 0 Å². The Morgan fingerprint density at radius 3 is 2.73 bits per heavy atom. The highest BCUT2D eigenvalue weighted by atomic mass is 32.2. The number of nitrogen functional groups attached to an aromatic ring is 1. The summed E-state index contributed by atoms with van der Waals surface area (Å²) in [5, 5.41) is 3.78. The second kappa shape index (κ2) is 4.03. The normalized spacial score (nSPS) is 11.9. The first-order chi connectivity index (χ1) is 6.89. The van der Waals surface area contributed by atoms with Crippen molar-refractivity contribution in [2.75, 3.05) is 19.3 Å². The van der Waals surface area contributed by atoms with Gasteiger partial charge in [-0.05, 0) is 0 Å². The van der Waals surface area contributed by atoms with Crippen molar-refractivity contribution in [3.63, 3.8) is 0 Å². The lowest BCUT2D eigenvalue weighted by Crippen LogP contribution is -2.27. The molecule has 84 valence electrons. The van der Waals surface area contributed by atoms with Gasteiger partial charge in [-0.2, -0.15) is 9.40 Å². The van der Waals surface area contributed by atoms with Crippen molar-refractivity contribution >= 4 is 15.8 Å². The maximum Gasteiger partial charge on any atom is 0.248 e. The van der Waals surface area contributed by atoms with Crippen LogP contribution in [0.2, 0.25) is 0 Å². The molecular formula is C8H14N4O2S. The quantitative estimate of drug-likeness (QED) is 0.727. The van der Waals surface area contributed by atoms with Crippen LogP contribution >= 0.6 is 0 Å². The lowest BCUT2D eigenvalue weighted by molar-refractivity contribution is 0.499. The van der Waals surface area contributed by atoms with Crippen molar-refractivity contribution in [1.29, 1.82) is 0 Å². The van der Waals surface area contributed by atoms with Gasteiger partial charge in [-0.15, -0.1) is 6.58 Å². The first-order valence-corrected chi connectivity index (χ1v) is 5.70. The summed E-state index contributed by atoms with van der Waals surface area (Å²) in [7, 11) is -0.481. The number of nitrogens with zero attached hydrogens (tertiary/aromatic N) is 3. The zero-order chi connectivity index (χ0) is 11.6. The molecule has 0 atom stereocenters. The smallest absolute Gasteiger partial charge is 0.248 e. The Balaban J connectivity index is 3.16. The van der Waals surface area contributed by atoms with E-state index in [0.717, 1.165) is 4.31 Å². The second-order valence-corrected chi connectivity index (χ2v) is 5.14. The molecule has 0 radical (unpaired) electrons. The van der Waals surface area contributed by atoms with Gasteiger partial charge in [0.1, 0.15) is 4.90 Å². The van der Waals surface area contributed by atoms with E-state index in [2.05, 4.69) is 11.7 Å². The zero-order valence-corrected chi connectivity index (χ0v) is 9.53. The summed E-state index contributed by atoms with van der Waals surface area (Å²) in [6, 6.07) is 0. The number of anilines is 1. The van der Waals surface area contributed by atoms with E-state index >= 15 is 0 Å². The molecule has 0 saturated heterocycles. The highest BCUT2D eigenvalue weighted by Gasteiger charge is 2.24. The van der Waals surface area contributed by atoms with Gasteiger partial charge >= 0.3 is 0 Å². The van der Waals surface area contributed by atoms with Gasteiger partial charge in [-0.25, -0.2) is 8.42 Å². The molecule has 2 N–H and O–H groups in total. The zero-order valence-electron chi connectivity index (χ0n) is 8.71. The molecule has 15 heavy (non-hydrogen) atoms. The highest BCUT2D eigenvalue weighted by Crippen LogP contribution is 2.19. The second-order valence-electron chi connectivity index (χ2n) is 3.13. The van der Waals surface area contributed by atoms with Crippen molar-refractivity contribution in [3.05, 3.63) is 18.9 Å². The molecule has 1 aromatic rings. The van der Waals surface area contributed by atoms with E-state index < -0.39 is 10.0 Å². The number of hydrogen-bond acceptors (Lipinski definition) is 4. The Bertz CT molecular complexity index is 463. The van der Waals surface area contributed by atoms with Gasteiger partial charge in [0.05, 0.1) is 0 Å². The van der Waals surface area contributed by atoms with Crippen LogP contribution in [0.1, 0.15) is 0 Å². The molecule has 1 aromatic heterocycles. The molecule has 0 spiro atoms. The van der Waals surface area contributed by atoms with Gasteiger partial charge in [0.2, 0.25) is 10.0 Å². The summed E-state index contributed by atoms with van der Waals surface area (Å²) in [5.41, 5.74) is 5.50. The lowest BCUT2D eigenvalue weighted by atomic mass is 10.6. The fourth-order valence-electron chi connectivity index (χ4n) is 1.13. The minimum atomic E-state index is -3.56. The largest absolute Gasteiger partial charge is 0.381 e. The molecule has 0 aliphatic heterocycles. The van der Waals surface area contributed by atoms with Crippen LogP contribution in [0, 0.1) is 0 Å². The molecule has 1 heterocycles. The van der Waals surface area contributed by atoms with Gasteiger partial charge in [0, 0.05) is 26.8 Å². The van der Waals surface area contributed by atoms with Crippen LogP contribution < -0.4 is 5.73 Å². The third-order valence-electron chi connectivity index (χ3n) is 1.90. The topological polar surface area (TPSA) is 81.2 Å². The van der Waals surface area contributed by atoms with Crippen LogP contribution in [0.3, 0.4) is 0 Å². The van der Waals surface area contributed by atoms with Gasteiger partial charge in [-0.3, -0.25) is 4.68 Å². The van der Waals surface area contributed by atoms with Gasteiger partial charge in [0.15, 0.2) is 5.82 Å². The standard InChI is InChI=1S/C8H14N4O2S/c1-4-5-12(3)15(13,14)7-6-11(2)10-8(7)9/h4,6H,1,5H2,2-3H3,(H2,9,10). The van der Waals surface area contributed by atoms with E-state index in [9.17, 15) is 8.42 Å². The SMILES string of the molecule is C=CCN(C)S(=O)(=O)c1cn(C)nc1N. The summed E-state index contributed by atoms with van der Waals surface area (Å²) in [6.07, 6.45) is 2.88. The fraction of sp³-hybridized carbons (Fsp3) is 0.375. The molecule has 0 aliphatic rings. The Morgan fingerprint density at radius 2 is 2.33 bits per heavy atom. The predicted octanol–water partition coefficient (Wildman–Crippen LogP) is -0.191. The third kappa shape index (κ3) is 2.18. The van der Waals surface area contributed by atoms with E-state index in [1.54, 1.807) is 7.05 Å². The number of likely N-dealkylation sites (N-methyl/N-ethyl adjacent to an activating group) is 1. The molecule has 0 unspecified atom stereocenters. The molecule has 0 bridgehead atoms. The summed E-state index contributed by atoms with van der Waals surface area (Å²) in [5.74, 6) is 0.00779. The summed E-state index contributed by atoms with van der Waals surface area (Å²) < 4.78 is 26.3. The lowest BCUT2D eigenvalue weighted by Gasteiger charge is -2.13. The fourth-order valence-corrected chi connectivity index (χ4v) is 2.36. The van der Waals surface area contributed by atoms with Crippen molar-refractivity contribution in [1.82, 2.24) is 14.1 Å². The summed E-state index contributed by atoms with van der Waals surface area (Å²) in [4.78, 5) is 0.0225. The predicted molar refractivity (Wildman–Crippen MR) is 57.6 cm³/mol. The Morgan fingerprint density at radius 1 is 1.73 bits per heavy atom. The van der Waals surface area contributed by atoms with Crippen LogP contribution in [0.25, 0.3) is 0 Å². The minimum Gasteiger partial charge on any atom is -0.381 e. The van der Waals surface area contributed by atoms with Crippen molar-refractivity contribution in [2.45, 2.75) is 4.90 Å². The molecule has 6 nitrogen and oxygen atoms in total. The van der Waals surface area contributed by atoms with E-state index in [4.69, 9.17) is 5.73 Å². The number of nitrogens with two attached hydrogens (primary N) is 1. The average Bonchev–Trinajstić information content (AvgIpc) is 2.46. The maximum absolute atomic E-state index is 11.9. The molecule has 0 aromatic carbocycles. The van der Waals surface area contributed by atoms with Crippen molar-refractivity contribution < 1.29 is 8.42 Å². The van der Waals surface area contributed by atoms with Crippen LogP contribution in [-0.2, 0) is 17.1 Å². The van der Waals surface area contributed by atoms with Gasteiger partial charge in [0.25, 0.3) is 0 Å². The molecule has 0 amide bonds. The number of aryl methyl sites for hydroxylation is 1. The van der Waals surface area contributed by atoms with E-state index in [-0.39, 0.29) is 17.3 Å². The van der Waals surface area contributed by atoms with Crippen molar-refractivity contribution in [3.8, 4) is 0 Å². The first-order valence-electron chi connectivity index (χ1n) is 4.26. The molecule has 1 rings (SSSR count). The summed E-state index contributed by atoms with van der Waals surface area (Å²) >= 11 is 0. The minimum absolute atomic E-state index is 0.00779.